The molecule has 0 spiro atoms. The van der Waals surface area contributed by atoms with Crippen molar-refractivity contribution in [3.8, 4) is 5.75 Å². The lowest BCUT2D eigenvalue weighted by Gasteiger charge is -2.21. The predicted octanol–water partition coefficient (Wildman–Crippen LogP) is 4.24. The van der Waals surface area contributed by atoms with Crippen LogP contribution in [-0.2, 0) is 6.54 Å². The Bertz CT molecular complexity index is 404. The van der Waals surface area contributed by atoms with E-state index >= 15 is 0 Å². The molecule has 1 aromatic carbocycles. The number of rotatable bonds is 8. The van der Waals surface area contributed by atoms with Crippen LogP contribution in [-0.4, -0.2) is 23.7 Å². The fraction of sp³-hybridized carbons (Fsp3) is 0.625. The molecule has 0 saturated heterocycles. The molecule has 0 fully saturated rings. The van der Waals surface area contributed by atoms with Gasteiger partial charge in [0, 0.05) is 17.6 Å². The molecule has 0 saturated carbocycles. The number of thioether (sulfide) groups is 1. The summed E-state index contributed by atoms with van der Waals surface area (Å²) in [5, 5.41) is 3.37. The minimum absolute atomic E-state index is 0.00134. The van der Waals surface area contributed by atoms with Crippen LogP contribution in [0.5, 0.6) is 5.75 Å². The summed E-state index contributed by atoms with van der Waals surface area (Å²) in [7, 11) is 0. The summed E-state index contributed by atoms with van der Waals surface area (Å²) in [6.45, 7) is 9.59. The van der Waals surface area contributed by atoms with Gasteiger partial charge in [0.1, 0.15) is 0 Å². The van der Waals surface area contributed by atoms with Crippen molar-refractivity contribution in [3.63, 3.8) is 0 Å². The van der Waals surface area contributed by atoms with Crippen LogP contribution in [0.25, 0.3) is 0 Å². The van der Waals surface area contributed by atoms with E-state index in [-0.39, 0.29) is 11.4 Å². The molecule has 0 aliphatic rings. The van der Waals surface area contributed by atoms with Gasteiger partial charge < -0.3 is 10.1 Å². The first-order chi connectivity index (χ1) is 9.44. The normalized spacial score (nSPS) is 11.7. The highest BCUT2D eigenvalue weighted by Crippen LogP contribution is 2.23. The van der Waals surface area contributed by atoms with Crippen molar-refractivity contribution in [3.05, 3.63) is 29.6 Å². The Hall–Kier alpha value is -0.740. The molecule has 0 heterocycles. The molecule has 0 radical (unpaired) electrons. The van der Waals surface area contributed by atoms with E-state index in [9.17, 15) is 4.39 Å². The third kappa shape index (κ3) is 6.62. The summed E-state index contributed by atoms with van der Waals surface area (Å²) in [4.78, 5) is 0. The molecule has 1 rings (SSSR count). The van der Waals surface area contributed by atoms with Crippen LogP contribution < -0.4 is 10.1 Å². The molecular weight excluding hydrogens is 273 g/mol. The van der Waals surface area contributed by atoms with Gasteiger partial charge in [-0.05, 0) is 44.8 Å². The van der Waals surface area contributed by atoms with Gasteiger partial charge in [-0.1, -0.05) is 19.1 Å². The number of hydrogen-bond acceptors (Lipinski definition) is 3. The predicted molar refractivity (Wildman–Crippen MR) is 86.1 cm³/mol. The first-order valence-electron chi connectivity index (χ1n) is 7.17. The zero-order valence-corrected chi connectivity index (χ0v) is 13.8. The zero-order valence-electron chi connectivity index (χ0n) is 13.0. The lowest BCUT2D eigenvalue weighted by atomic mass is 10.1. The van der Waals surface area contributed by atoms with E-state index in [2.05, 4.69) is 33.0 Å². The maximum atomic E-state index is 13.9. The number of benzene rings is 1. The van der Waals surface area contributed by atoms with Crippen LogP contribution >= 0.6 is 11.8 Å². The maximum Gasteiger partial charge on any atom is 0.165 e. The number of para-hydroxylation sites is 1. The van der Waals surface area contributed by atoms with Gasteiger partial charge in [0.05, 0.1) is 6.61 Å². The number of nitrogens with one attached hydrogen (secondary N) is 1. The van der Waals surface area contributed by atoms with Crippen LogP contribution in [0.15, 0.2) is 18.2 Å². The highest BCUT2D eigenvalue weighted by atomic mass is 32.2. The second kappa shape index (κ2) is 8.53. The van der Waals surface area contributed by atoms with Gasteiger partial charge in [-0.25, -0.2) is 4.39 Å². The Labute approximate surface area is 126 Å². The van der Waals surface area contributed by atoms with Crippen LogP contribution in [0.1, 0.15) is 39.7 Å². The van der Waals surface area contributed by atoms with E-state index in [1.807, 2.05) is 17.8 Å². The second-order valence-electron chi connectivity index (χ2n) is 5.73. The van der Waals surface area contributed by atoms with Crippen molar-refractivity contribution in [1.29, 1.82) is 0 Å². The molecule has 1 N–H and O–H groups in total. The fourth-order valence-electron chi connectivity index (χ4n) is 1.69. The van der Waals surface area contributed by atoms with Crippen molar-refractivity contribution in [2.24, 2.45) is 0 Å². The molecule has 0 atom stereocenters. The molecule has 0 amide bonds. The third-order valence-electron chi connectivity index (χ3n) is 2.74. The van der Waals surface area contributed by atoms with Gasteiger partial charge in [-0.2, -0.15) is 11.8 Å². The molecule has 0 aliphatic heterocycles. The molecule has 0 bridgehead atoms. The van der Waals surface area contributed by atoms with Crippen molar-refractivity contribution in [2.75, 3.05) is 18.1 Å². The molecule has 0 unspecified atom stereocenters. The minimum Gasteiger partial charge on any atom is -0.490 e. The van der Waals surface area contributed by atoms with Crippen molar-refractivity contribution in [1.82, 2.24) is 5.32 Å². The third-order valence-corrected chi connectivity index (χ3v) is 3.73. The Morgan fingerprint density at radius 3 is 2.70 bits per heavy atom. The lowest BCUT2D eigenvalue weighted by Crippen LogP contribution is -2.35. The lowest BCUT2D eigenvalue weighted by molar-refractivity contribution is 0.296. The summed E-state index contributed by atoms with van der Waals surface area (Å²) < 4.78 is 19.5. The van der Waals surface area contributed by atoms with E-state index in [0.717, 1.165) is 23.5 Å². The smallest absolute Gasteiger partial charge is 0.165 e. The number of halogens is 1. The standard InChI is InChI=1S/C16H26FNOS/c1-5-20-11-7-10-19-15-13(8-6-9-14(15)17)12-18-16(2,3)4/h6,8-9,18H,5,7,10-12H2,1-4H3. The van der Waals surface area contributed by atoms with Gasteiger partial charge >= 0.3 is 0 Å². The summed E-state index contributed by atoms with van der Waals surface area (Å²) in [6, 6.07) is 5.10. The van der Waals surface area contributed by atoms with Crippen molar-refractivity contribution < 1.29 is 9.13 Å². The van der Waals surface area contributed by atoms with E-state index in [1.165, 1.54) is 6.07 Å². The summed E-state index contributed by atoms with van der Waals surface area (Å²) in [6.07, 6.45) is 0.943. The van der Waals surface area contributed by atoms with Crippen LogP contribution in [0.3, 0.4) is 0 Å². The molecular formula is C16H26FNOS. The summed E-state index contributed by atoms with van der Waals surface area (Å²) in [5.74, 6) is 2.29. The van der Waals surface area contributed by atoms with Gasteiger partial charge in [-0.15, -0.1) is 0 Å². The van der Waals surface area contributed by atoms with Crippen LogP contribution in [0, 0.1) is 5.82 Å². The number of ether oxygens (including phenoxy) is 1. The Balaban J connectivity index is 2.59. The van der Waals surface area contributed by atoms with E-state index in [1.54, 1.807) is 6.07 Å². The Morgan fingerprint density at radius 1 is 1.30 bits per heavy atom. The molecule has 114 valence electrons. The van der Waals surface area contributed by atoms with Gasteiger partial charge in [0.25, 0.3) is 0 Å². The SMILES string of the molecule is CCSCCCOc1c(F)cccc1CNC(C)(C)C. The number of hydrogen-bond donors (Lipinski definition) is 1. The first-order valence-corrected chi connectivity index (χ1v) is 8.32. The minimum atomic E-state index is -0.277. The Kier molecular flexibility index (Phi) is 7.38. The molecule has 4 heteroatoms. The molecule has 20 heavy (non-hydrogen) atoms. The van der Waals surface area contributed by atoms with Crippen molar-refractivity contribution in [2.45, 2.75) is 46.2 Å². The van der Waals surface area contributed by atoms with E-state index < -0.39 is 0 Å². The van der Waals surface area contributed by atoms with E-state index in [0.29, 0.717) is 18.9 Å². The Morgan fingerprint density at radius 2 is 2.05 bits per heavy atom. The zero-order chi connectivity index (χ0) is 15.0. The maximum absolute atomic E-state index is 13.9. The fourth-order valence-corrected chi connectivity index (χ4v) is 2.30. The van der Waals surface area contributed by atoms with Gasteiger partial charge in [0.15, 0.2) is 11.6 Å². The summed E-state index contributed by atoms with van der Waals surface area (Å²) in [5.41, 5.74) is 0.879. The monoisotopic (exact) mass is 299 g/mol. The average molecular weight is 299 g/mol. The largest absolute Gasteiger partial charge is 0.490 e. The molecule has 0 aliphatic carbocycles. The van der Waals surface area contributed by atoms with Crippen molar-refractivity contribution >= 4 is 11.8 Å². The quantitative estimate of drug-likeness (QED) is 0.726. The highest BCUT2D eigenvalue weighted by Gasteiger charge is 2.13. The highest BCUT2D eigenvalue weighted by molar-refractivity contribution is 7.99. The van der Waals surface area contributed by atoms with Crippen LogP contribution in [0.4, 0.5) is 4.39 Å². The molecule has 1 aromatic rings. The summed E-state index contributed by atoms with van der Waals surface area (Å²) >= 11 is 1.88. The average Bonchev–Trinajstić information content (AvgIpc) is 2.37. The first kappa shape index (κ1) is 17.3. The molecule has 0 aromatic heterocycles. The van der Waals surface area contributed by atoms with Crippen LogP contribution in [0.2, 0.25) is 0 Å². The van der Waals surface area contributed by atoms with E-state index in [4.69, 9.17) is 4.74 Å². The van der Waals surface area contributed by atoms with Gasteiger partial charge in [-0.3, -0.25) is 0 Å². The molecule has 2 nitrogen and oxygen atoms in total. The van der Waals surface area contributed by atoms with Gasteiger partial charge in [0.2, 0.25) is 0 Å². The topological polar surface area (TPSA) is 21.3 Å². The second-order valence-corrected chi connectivity index (χ2v) is 7.12.